The van der Waals surface area contributed by atoms with Gasteiger partial charge in [0.05, 0.1) is 24.8 Å². The minimum atomic E-state index is -4.63. The van der Waals surface area contributed by atoms with Gasteiger partial charge in [0.25, 0.3) is 5.56 Å². The molecule has 0 aliphatic carbocycles. The molecule has 0 aliphatic rings. The van der Waals surface area contributed by atoms with Crippen molar-refractivity contribution in [3.8, 4) is 28.0 Å². The molecule has 3 N–H and O–H groups in total. The number of carbonyl (C=O) groups excluding carboxylic acids is 1. The number of hydrogen-bond donors (Lipinski definition) is 3. The first kappa shape index (κ1) is 27.5. The Morgan fingerprint density at radius 3 is 2.46 bits per heavy atom. The van der Waals surface area contributed by atoms with Gasteiger partial charge in [-0.3, -0.25) is 14.7 Å². The van der Waals surface area contributed by atoms with Crippen LogP contribution in [0.2, 0.25) is 0 Å². The Morgan fingerprint density at radius 2 is 1.81 bits per heavy atom. The quantitative estimate of drug-likeness (QED) is 0.268. The molecular weight excluding hydrogens is 516 g/mol. The van der Waals surface area contributed by atoms with Crippen molar-refractivity contribution in [2.45, 2.75) is 19.5 Å². The summed E-state index contributed by atoms with van der Waals surface area (Å²) in [6.07, 6.45) is -0.836. The van der Waals surface area contributed by atoms with Gasteiger partial charge < -0.3 is 15.0 Å². The van der Waals surface area contributed by atoms with Crippen LogP contribution in [0.15, 0.2) is 65.8 Å². The summed E-state index contributed by atoms with van der Waals surface area (Å²) in [6, 6.07) is 8.79. The van der Waals surface area contributed by atoms with E-state index in [-0.39, 0.29) is 41.6 Å². The zero-order valence-corrected chi connectivity index (χ0v) is 20.1. The minimum absolute atomic E-state index is 0. The fourth-order valence-electron chi connectivity index (χ4n) is 3.58. The number of benzene rings is 2. The number of carbonyl (C=O) groups is 1. The number of pyridine rings is 1. The van der Waals surface area contributed by atoms with Gasteiger partial charge in [-0.2, -0.15) is 18.3 Å². The lowest BCUT2D eigenvalue weighted by atomic mass is 10.0. The van der Waals surface area contributed by atoms with E-state index in [0.717, 1.165) is 12.1 Å². The van der Waals surface area contributed by atoms with Crippen LogP contribution in [0.1, 0.15) is 18.1 Å². The van der Waals surface area contributed by atoms with E-state index in [1.807, 2.05) is 0 Å². The Balaban J connectivity index is 0.00000380. The third-order valence-corrected chi connectivity index (χ3v) is 5.28. The van der Waals surface area contributed by atoms with E-state index in [0.29, 0.717) is 16.7 Å². The average Bonchev–Trinajstić information content (AvgIpc) is 3.36. The van der Waals surface area contributed by atoms with Crippen molar-refractivity contribution < 1.29 is 27.1 Å². The van der Waals surface area contributed by atoms with Crippen LogP contribution in [0.3, 0.4) is 0 Å². The predicted molar refractivity (Wildman–Crippen MR) is 132 cm³/mol. The van der Waals surface area contributed by atoms with Crippen molar-refractivity contribution in [3.05, 3.63) is 88.4 Å². The molecule has 12 heteroatoms. The maximum absolute atomic E-state index is 14.8. The van der Waals surface area contributed by atoms with Crippen LogP contribution in [0, 0.1) is 5.82 Å². The number of anilines is 1. The molecule has 1 amide bonds. The highest BCUT2D eigenvalue weighted by atomic mass is 35.5. The number of nitrogens with zero attached hydrogens (tertiary/aromatic N) is 1. The van der Waals surface area contributed by atoms with Gasteiger partial charge in [-0.05, 0) is 53.9 Å². The lowest BCUT2D eigenvalue weighted by Gasteiger charge is -2.13. The monoisotopic (exact) mass is 536 g/mol. The molecule has 0 aliphatic heterocycles. The summed E-state index contributed by atoms with van der Waals surface area (Å²) in [5.74, 6) is -1.29. The van der Waals surface area contributed by atoms with E-state index >= 15 is 0 Å². The molecule has 0 saturated carbocycles. The average molecular weight is 537 g/mol. The van der Waals surface area contributed by atoms with Gasteiger partial charge in [-0.25, -0.2) is 4.39 Å². The molecule has 0 saturated heterocycles. The zero-order chi connectivity index (χ0) is 25.9. The predicted octanol–water partition coefficient (Wildman–Crippen LogP) is 5.59. The molecule has 0 atom stereocenters. The highest BCUT2D eigenvalue weighted by molar-refractivity contribution is 5.93. The van der Waals surface area contributed by atoms with Crippen LogP contribution in [0.4, 0.5) is 23.2 Å². The van der Waals surface area contributed by atoms with Crippen molar-refractivity contribution in [1.82, 2.24) is 15.2 Å². The van der Waals surface area contributed by atoms with Crippen molar-refractivity contribution in [2.24, 2.45) is 0 Å². The van der Waals surface area contributed by atoms with Gasteiger partial charge in [0.1, 0.15) is 5.82 Å². The fraction of sp³-hybridized carbons (Fsp3) is 0.160. The number of aromatic amines is 2. The molecule has 2 aromatic heterocycles. The Labute approximate surface area is 214 Å². The van der Waals surface area contributed by atoms with Crippen LogP contribution in [-0.2, 0) is 17.4 Å². The lowest BCUT2D eigenvalue weighted by molar-refractivity contribution is -0.137. The topological polar surface area (TPSA) is 99.9 Å². The van der Waals surface area contributed by atoms with Gasteiger partial charge in [-0.15, -0.1) is 12.4 Å². The molecular formula is C25H21ClF4N4O3. The third-order valence-electron chi connectivity index (χ3n) is 5.28. The maximum Gasteiger partial charge on any atom is 0.416 e. The molecule has 0 radical (unpaired) electrons. The van der Waals surface area contributed by atoms with Crippen molar-refractivity contribution in [1.29, 1.82) is 0 Å². The summed E-state index contributed by atoms with van der Waals surface area (Å²) in [5.41, 5.74) is 0.164. The molecule has 37 heavy (non-hydrogen) atoms. The summed E-state index contributed by atoms with van der Waals surface area (Å²) in [4.78, 5) is 26.9. The van der Waals surface area contributed by atoms with Crippen LogP contribution in [0.5, 0.6) is 5.75 Å². The normalized spacial score (nSPS) is 11.1. The largest absolute Gasteiger partial charge is 0.488 e. The first-order chi connectivity index (χ1) is 17.1. The Bertz CT molecular complexity index is 1450. The number of amides is 1. The van der Waals surface area contributed by atoms with E-state index in [4.69, 9.17) is 4.74 Å². The second-order valence-electron chi connectivity index (χ2n) is 7.83. The highest BCUT2D eigenvalue weighted by Crippen LogP contribution is 2.35. The maximum atomic E-state index is 14.8. The van der Waals surface area contributed by atoms with E-state index in [1.54, 1.807) is 13.0 Å². The summed E-state index contributed by atoms with van der Waals surface area (Å²) >= 11 is 0. The minimum Gasteiger partial charge on any atom is -0.488 e. The zero-order valence-electron chi connectivity index (χ0n) is 19.3. The molecule has 2 heterocycles. The van der Waals surface area contributed by atoms with Gasteiger partial charge in [-0.1, -0.05) is 12.1 Å². The number of nitrogens with one attached hydrogen (secondary N) is 3. The summed E-state index contributed by atoms with van der Waals surface area (Å²) in [5, 5.41) is 8.68. The summed E-state index contributed by atoms with van der Waals surface area (Å²) in [7, 11) is 0. The molecule has 0 fully saturated rings. The van der Waals surface area contributed by atoms with Gasteiger partial charge in [0, 0.05) is 29.2 Å². The molecule has 0 spiro atoms. The van der Waals surface area contributed by atoms with Crippen molar-refractivity contribution in [2.75, 3.05) is 11.9 Å². The molecule has 4 aromatic rings. The standard InChI is InChI=1S/C25H20F4N4O3.ClH/c1-2-36-22-8-17(11-30-24(22)35)14-3-4-15(21(26)7-14)9-23(34)33-20-6-16(18-12-31-32-13-18)5-19(10-20)25(27,28)29;/h3-8,10-13H,2,9H2,1H3,(H,30,35)(H,31,32)(H,33,34);1H. The molecule has 7 nitrogen and oxygen atoms in total. The first-order valence-corrected chi connectivity index (χ1v) is 10.8. The van der Waals surface area contributed by atoms with Gasteiger partial charge in [0.2, 0.25) is 5.91 Å². The van der Waals surface area contributed by atoms with Gasteiger partial charge >= 0.3 is 6.18 Å². The van der Waals surface area contributed by atoms with E-state index in [9.17, 15) is 27.2 Å². The number of ether oxygens (including phenoxy) is 1. The number of halogens is 5. The van der Waals surface area contributed by atoms with Gasteiger partial charge in [0.15, 0.2) is 5.75 Å². The SMILES string of the molecule is CCOc1cc(-c2ccc(CC(=O)Nc3cc(-c4cn[nH]c4)cc(C(F)(F)F)c3)c(F)c2)c[nH]c1=O.Cl. The van der Waals surface area contributed by atoms with E-state index < -0.39 is 35.4 Å². The number of hydrogen-bond acceptors (Lipinski definition) is 4. The number of aromatic nitrogens is 3. The molecule has 2 aromatic carbocycles. The van der Waals surface area contributed by atoms with E-state index in [2.05, 4.69) is 20.5 Å². The van der Waals surface area contributed by atoms with Crippen LogP contribution in [0.25, 0.3) is 22.3 Å². The number of alkyl halides is 3. The smallest absolute Gasteiger partial charge is 0.416 e. The molecule has 0 bridgehead atoms. The molecule has 0 unspecified atom stereocenters. The van der Waals surface area contributed by atoms with Crippen LogP contribution < -0.4 is 15.6 Å². The third kappa shape index (κ3) is 6.56. The van der Waals surface area contributed by atoms with Crippen LogP contribution in [-0.4, -0.2) is 27.7 Å². The second-order valence-corrected chi connectivity index (χ2v) is 7.83. The Kier molecular flexibility index (Phi) is 8.38. The molecule has 194 valence electrons. The first-order valence-electron chi connectivity index (χ1n) is 10.8. The fourth-order valence-corrected chi connectivity index (χ4v) is 3.58. The number of rotatable bonds is 7. The van der Waals surface area contributed by atoms with Crippen LogP contribution >= 0.6 is 12.4 Å². The van der Waals surface area contributed by atoms with E-state index in [1.165, 1.54) is 42.9 Å². The Morgan fingerprint density at radius 1 is 1.03 bits per heavy atom. The lowest BCUT2D eigenvalue weighted by Crippen LogP contribution is -2.16. The number of H-pyrrole nitrogens is 2. The highest BCUT2D eigenvalue weighted by Gasteiger charge is 2.31. The molecule has 4 rings (SSSR count). The van der Waals surface area contributed by atoms with Crippen molar-refractivity contribution in [3.63, 3.8) is 0 Å². The Hall–Kier alpha value is -4.12. The second kappa shape index (κ2) is 11.3. The summed E-state index contributed by atoms with van der Waals surface area (Å²) < 4.78 is 60.2. The summed E-state index contributed by atoms with van der Waals surface area (Å²) in [6.45, 7) is 2.01. The van der Waals surface area contributed by atoms with Crippen molar-refractivity contribution >= 4 is 24.0 Å².